The highest BCUT2D eigenvalue weighted by Gasteiger charge is 2.17. The molecule has 39 heavy (non-hydrogen) atoms. The number of hydrogen-bond acceptors (Lipinski definition) is 6. The first-order valence-corrected chi connectivity index (χ1v) is 13.5. The molecule has 1 amide bonds. The minimum atomic E-state index is -0.258. The Hall–Kier alpha value is -4.40. The standard InChI is InChI=1S/C30H24ClN5O2S/c31-25-13-15-26(16-14-25)36-29(24-9-5-2-6-10-24)34-35-30(36)39-21-28(37)33-32-19-22-11-17-27(18-12-22)38-20-23-7-3-1-4-8-23/h1-19H,20-21H2,(H,33,37)/b32-19-. The van der Waals surface area contributed by atoms with Gasteiger partial charge in [-0.1, -0.05) is 84.0 Å². The largest absolute Gasteiger partial charge is 0.489 e. The van der Waals surface area contributed by atoms with E-state index in [9.17, 15) is 4.79 Å². The first-order chi connectivity index (χ1) is 19.2. The van der Waals surface area contributed by atoms with Gasteiger partial charge in [0, 0.05) is 16.3 Å². The van der Waals surface area contributed by atoms with Gasteiger partial charge in [-0.15, -0.1) is 10.2 Å². The number of nitrogens with zero attached hydrogens (tertiary/aromatic N) is 4. The fourth-order valence-electron chi connectivity index (χ4n) is 3.69. The highest BCUT2D eigenvalue weighted by Crippen LogP contribution is 2.28. The van der Waals surface area contributed by atoms with Gasteiger partial charge in [0.2, 0.25) is 0 Å². The lowest BCUT2D eigenvalue weighted by atomic mass is 10.2. The van der Waals surface area contributed by atoms with E-state index in [-0.39, 0.29) is 11.7 Å². The first-order valence-electron chi connectivity index (χ1n) is 12.1. The predicted molar refractivity (Wildman–Crippen MR) is 155 cm³/mol. The van der Waals surface area contributed by atoms with Crippen molar-refractivity contribution in [2.75, 3.05) is 5.75 Å². The molecule has 0 aliphatic carbocycles. The number of rotatable bonds is 10. The Balaban J connectivity index is 1.18. The number of benzene rings is 4. The Bertz CT molecular complexity index is 1540. The SMILES string of the molecule is O=C(CSc1nnc(-c2ccccc2)n1-c1ccc(Cl)cc1)N/N=C\c1ccc(OCc2ccccc2)cc1. The molecule has 194 valence electrons. The molecule has 0 aliphatic heterocycles. The lowest BCUT2D eigenvalue weighted by Gasteiger charge is -2.10. The van der Waals surface area contributed by atoms with E-state index in [1.165, 1.54) is 11.8 Å². The average molecular weight is 554 g/mol. The maximum atomic E-state index is 12.5. The van der Waals surface area contributed by atoms with E-state index >= 15 is 0 Å². The third kappa shape index (κ3) is 7.13. The van der Waals surface area contributed by atoms with Crippen molar-refractivity contribution in [3.05, 3.63) is 125 Å². The lowest BCUT2D eigenvalue weighted by Crippen LogP contribution is -2.20. The third-order valence-electron chi connectivity index (χ3n) is 5.61. The monoisotopic (exact) mass is 553 g/mol. The van der Waals surface area contributed by atoms with Crippen LogP contribution in [0.25, 0.3) is 17.1 Å². The third-order valence-corrected chi connectivity index (χ3v) is 6.79. The maximum Gasteiger partial charge on any atom is 0.250 e. The Morgan fingerprint density at radius 2 is 1.59 bits per heavy atom. The molecule has 4 aromatic carbocycles. The Morgan fingerprint density at radius 3 is 2.31 bits per heavy atom. The van der Waals surface area contributed by atoms with Crippen LogP contribution in [0.1, 0.15) is 11.1 Å². The number of carbonyl (C=O) groups excluding carboxylic acids is 1. The van der Waals surface area contributed by atoms with Crippen LogP contribution in [0.2, 0.25) is 5.02 Å². The summed E-state index contributed by atoms with van der Waals surface area (Å²) in [6.07, 6.45) is 1.59. The summed E-state index contributed by atoms with van der Waals surface area (Å²) in [5, 5.41) is 14.0. The molecule has 5 aromatic rings. The predicted octanol–water partition coefficient (Wildman–Crippen LogP) is 6.41. The van der Waals surface area contributed by atoms with Gasteiger partial charge in [0.05, 0.1) is 12.0 Å². The zero-order valence-corrected chi connectivity index (χ0v) is 22.3. The van der Waals surface area contributed by atoms with Gasteiger partial charge < -0.3 is 4.74 Å². The van der Waals surface area contributed by atoms with E-state index in [1.54, 1.807) is 6.21 Å². The normalized spacial score (nSPS) is 11.0. The maximum absolute atomic E-state index is 12.5. The minimum Gasteiger partial charge on any atom is -0.489 e. The molecule has 0 atom stereocenters. The van der Waals surface area contributed by atoms with Crippen LogP contribution in [0.5, 0.6) is 5.75 Å². The van der Waals surface area contributed by atoms with Gasteiger partial charge >= 0.3 is 0 Å². The van der Waals surface area contributed by atoms with Gasteiger partial charge in [0.15, 0.2) is 11.0 Å². The van der Waals surface area contributed by atoms with E-state index in [0.29, 0.717) is 22.6 Å². The number of carbonyl (C=O) groups is 1. The van der Waals surface area contributed by atoms with Crippen molar-refractivity contribution in [2.45, 2.75) is 11.8 Å². The number of aromatic nitrogens is 3. The van der Waals surface area contributed by atoms with Gasteiger partial charge in [-0.25, -0.2) is 5.43 Å². The van der Waals surface area contributed by atoms with E-state index < -0.39 is 0 Å². The first kappa shape index (κ1) is 26.2. The van der Waals surface area contributed by atoms with E-state index in [1.807, 2.05) is 114 Å². The summed E-state index contributed by atoms with van der Waals surface area (Å²) >= 11 is 7.37. The number of hydrazone groups is 1. The summed E-state index contributed by atoms with van der Waals surface area (Å²) in [5.74, 6) is 1.29. The highest BCUT2D eigenvalue weighted by molar-refractivity contribution is 7.99. The molecule has 0 bridgehead atoms. The number of nitrogens with one attached hydrogen (secondary N) is 1. The summed E-state index contributed by atoms with van der Waals surface area (Å²) in [6.45, 7) is 0.501. The number of thioether (sulfide) groups is 1. The summed E-state index contributed by atoms with van der Waals surface area (Å²) in [5.41, 5.74) is 6.27. The number of hydrogen-bond donors (Lipinski definition) is 1. The second kappa shape index (κ2) is 12.9. The van der Waals surface area contributed by atoms with E-state index in [4.69, 9.17) is 16.3 Å². The molecule has 0 saturated carbocycles. The van der Waals surface area contributed by atoms with Gasteiger partial charge in [-0.3, -0.25) is 9.36 Å². The van der Waals surface area contributed by atoms with Crippen LogP contribution >= 0.6 is 23.4 Å². The minimum absolute atomic E-state index is 0.115. The average Bonchev–Trinajstić information content (AvgIpc) is 3.41. The van der Waals surface area contributed by atoms with Crippen LogP contribution in [-0.4, -0.2) is 32.6 Å². The fraction of sp³-hybridized carbons (Fsp3) is 0.0667. The Labute approximate surface area is 235 Å². The molecule has 0 unspecified atom stereocenters. The summed E-state index contributed by atoms with van der Waals surface area (Å²) in [7, 11) is 0. The second-order valence-corrected chi connectivity index (χ2v) is 9.79. The lowest BCUT2D eigenvalue weighted by molar-refractivity contribution is -0.118. The summed E-state index contributed by atoms with van der Waals surface area (Å²) in [4.78, 5) is 12.5. The van der Waals surface area contributed by atoms with Crippen LogP contribution in [0, 0.1) is 0 Å². The molecular weight excluding hydrogens is 530 g/mol. The number of halogens is 1. The molecule has 0 aliphatic rings. The van der Waals surface area contributed by atoms with Gasteiger partial charge in [-0.05, 0) is 59.7 Å². The molecule has 5 rings (SSSR count). The molecule has 0 spiro atoms. The van der Waals surface area contributed by atoms with Crippen molar-refractivity contribution < 1.29 is 9.53 Å². The molecule has 7 nitrogen and oxygen atoms in total. The van der Waals surface area contributed by atoms with Crippen molar-refractivity contribution in [2.24, 2.45) is 5.10 Å². The van der Waals surface area contributed by atoms with Crippen LogP contribution in [0.15, 0.2) is 119 Å². The summed E-state index contributed by atoms with van der Waals surface area (Å²) < 4.78 is 7.72. The Kier molecular flexibility index (Phi) is 8.68. The van der Waals surface area contributed by atoms with Crippen LogP contribution in [0.4, 0.5) is 0 Å². The molecule has 0 fully saturated rings. The second-order valence-electron chi connectivity index (χ2n) is 8.41. The smallest absolute Gasteiger partial charge is 0.250 e. The zero-order chi connectivity index (χ0) is 26.9. The van der Waals surface area contributed by atoms with Gasteiger partial charge in [-0.2, -0.15) is 5.10 Å². The van der Waals surface area contributed by atoms with Crippen molar-refractivity contribution >= 4 is 35.5 Å². The van der Waals surface area contributed by atoms with E-state index in [2.05, 4.69) is 20.7 Å². The van der Waals surface area contributed by atoms with Crippen molar-refractivity contribution in [1.29, 1.82) is 0 Å². The molecule has 1 N–H and O–H groups in total. The fourth-order valence-corrected chi connectivity index (χ4v) is 4.56. The molecule has 9 heteroatoms. The Morgan fingerprint density at radius 1 is 0.897 bits per heavy atom. The van der Waals surface area contributed by atoms with Crippen molar-refractivity contribution in [1.82, 2.24) is 20.2 Å². The zero-order valence-electron chi connectivity index (χ0n) is 20.8. The quantitative estimate of drug-likeness (QED) is 0.123. The number of ether oxygens (including phenoxy) is 1. The van der Waals surface area contributed by atoms with Crippen LogP contribution < -0.4 is 10.2 Å². The molecule has 1 aromatic heterocycles. The molecular formula is C30H24ClN5O2S. The van der Waals surface area contributed by atoms with Crippen molar-refractivity contribution in [3.63, 3.8) is 0 Å². The van der Waals surface area contributed by atoms with E-state index in [0.717, 1.165) is 28.1 Å². The number of amides is 1. The van der Waals surface area contributed by atoms with Gasteiger partial charge in [0.1, 0.15) is 12.4 Å². The molecule has 0 radical (unpaired) electrons. The topological polar surface area (TPSA) is 81.4 Å². The highest BCUT2D eigenvalue weighted by atomic mass is 35.5. The molecule has 1 heterocycles. The van der Waals surface area contributed by atoms with Crippen LogP contribution in [0.3, 0.4) is 0 Å². The van der Waals surface area contributed by atoms with Gasteiger partial charge in [0.25, 0.3) is 5.91 Å². The van der Waals surface area contributed by atoms with Crippen LogP contribution in [-0.2, 0) is 11.4 Å². The molecule has 0 saturated heterocycles. The van der Waals surface area contributed by atoms with Crippen molar-refractivity contribution in [3.8, 4) is 22.8 Å². The summed E-state index contributed by atoms with van der Waals surface area (Å²) in [6, 6.07) is 34.7.